The van der Waals surface area contributed by atoms with Gasteiger partial charge in [-0.05, 0) is 24.5 Å². The Morgan fingerprint density at radius 1 is 1.04 bits per heavy atom. The highest BCUT2D eigenvalue weighted by atomic mass is 16.7. The van der Waals surface area contributed by atoms with Gasteiger partial charge >= 0.3 is 24.1 Å². The number of rotatable bonds is 14. The van der Waals surface area contributed by atoms with Crippen LogP contribution in [-0.2, 0) is 44.7 Å². The van der Waals surface area contributed by atoms with E-state index in [2.05, 4.69) is 31.2 Å². The molecule has 56 heavy (non-hydrogen) atoms. The van der Waals surface area contributed by atoms with Gasteiger partial charge in [-0.15, -0.1) is 0 Å². The van der Waals surface area contributed by atoms with Crippen molar-refractivity contribution in [2.45, 2.75) is 71.3 Å². The lowest BCUT2D eigenvalue weighted by atomic mass is 9.96. The number of nitrogens with one attached hydrogen (secondary N) is 4. The number of aromatic nitrogens is 4. The van der Waals surface area contributed by atoms with E-state index < -0.39 is 97.5 Å². The maximum atomic E-state index is 13.1. The molecule has 0 bridgehead atoms. The van der Waals surface area contributed by atoms with Crippen LogP contribution < -0.4 is 21.5 Å². The van der Waals surface area contributed by atoms with Crippen molar-refractivity contribution in [3.8, 4) is 0 Å². The van der Waals surface area contributed by atoms with E-state index >= 15 is 0 Å². The molecule has 5 unspecified atom stereocenters. The summed E-state index contributed by atoms with van der Waals surface area (Å²) < 4.78 is 27.7. The molecule has 0 radical (unpaired) electrons. The Balaban J connectivity index is 1.29. The Bertz CT molecular complexity index is 2130. The summed E-state index contributed by atoms with van der Waals surface area (Å²) in [7, 11) is 0. The number of aromatic amines is 1. The number of nitrogens with zero attached hydrogens (tertiary/aromatic N) is 3. The molecule has 20 heteroatoms. The van der Waals surface area contributed by atoms with Crippen molar-refractivity contribution in [2.24, 2.45) is 11.8 Å². The fourth-order valence-electron chi connectivity index (χ4n) is 5.91. The van der Waals surface area contributed by atoms with Gasteiger partial charge in [0, 0.05) is 17.0 Å². The Hall–Kier alpha value is -6.12. The zero-order valence-corrected chi connectivity index (χ0v) is 31.1. The van der Waals surface area contributed by atoms with Crippen LogP contribution in [0.15, 0.2) is 53.6 Å². The fourth-order valence-corrected chi connectivity index (χ4v) is 5.91. The molecule has 1 aliphatic heterocycles. The maximum absolute atomic E-state index is 13.1. The Morgan fingerprint density at radius 2 is 1.77 bits per heavy atom. The van der Waals surface area contributed by atoms with Crippen LogP contribution in [0.3, 0.4) is 0 Å². The summed E-state index contributed by atoms with van der Waals surface area (Å²) in [6, 6.07) is 9.22. The monoisotopic (exact) mass is 781 g/mol. The van der Waals surface area contributed by atoms with Crippen molar-refractivity contribution >= 4 is 57.4 Å². The number of amides is 3. The second-order valence-electron chi connectivity index (χ2n) is 13.7. The second-order valence-corrected chi connectivity index (χ2v) is 13.7. The number of aliphatic hydroxyl groups is 2. The minimum atomic E-state index is -2.08. The number of aliphatic hydroxyl groups excluding tert-OH is 1. The first-order valence-electron chi connectivity index (χ1n) is 17.5. The van der Waals surface area contributed by atoms with E-state index in [1.807, 2.05) is 6.07 Å². The highest BCUT2D eigenvalue weighted by molar-refractivity contribution is 6.16. The smallest absolute Gasteiger partial charge is 0.414 e. The predicted molar refractivity (Wildman–Crippen MR) is 194 cm³/mol. The first-order valence-corrected chi connectivity index (χ1v) is 17.5. The zero-order valence-electron chi connectivity index (χ0n) is 31.1. The Kier molecular flexibility index (Phi) is 12.9. The van der Waals surface area contributed by atoms with E-state index in [9.17, 15) is 39.0 Å². The van der Waals surface area contributed by atoms with Crippen LogP contribution in [0.4, 0.5) is 15.3 Å². The topological polar surface area (TPSA) is 272 Å². The summed E-state index contributed by atoms with van der Waals surface area (Å²) in [6.45, 7) is 5.80. The van der Waals surface area contributed by atoms with Crippen LogP contribution in [-0.4, -0.2) is 104 Å². The number of carbonyl (C=O) groups excluding carboxylic acids is 5. The van der Waals surface area contributed by atoms with Crippen LogP contribution in [0.25, 0.3) is 21.7 Å². The molecule has 0 spiro atoms. The number of carbonyl (C=O) groups is 5. The third-order valence-corrected chi connectivity index (χ3v) is 8.79. The van der Waals surface area contributed by atoms with Crippen molar-refractivity contribution in [2.75, 3.05) is 25.3 Å². The van der Waals surface area contributed by atoms with Gasteiger partial charge in [-0.25, -0.2) is 19.4 Å². The van der Waals surface area contributed by atoms with Crippen LogP contribution in [0.1, 0.15) is 46.4 Å². The molecule has 20 nitrogen and oxygen atoms in total. The largest absolute Gasteiger partial charge is 0.455 e. The van der Waals surface area contributed by atoms with Crippen molar-refractivity contribution < 1.29 is 57.9 Å². The van der Waals surface area contributed by atoms with Crippen LogP contribution in [0.5, 0.6) is 0 Å². The highest BCUT2D eigenvalue weighted by Gasteiger charge is 2.56. The van der Waals surface area contributed by atoms with E-state index in [1.165, 1.54) is 25.4 Å². The highest BCUT2D eigenvalue weighted by Crippen LogP contribution is 2.41. The second kappa shape index (κ2) is 17.6. The Morgan fingerprint density at radius 3 is 2.45 bits per heavy atom. The first kappa shape index (κ1) is 41.1. The molecule has 1 saturated heterocycles. The summed E-state index contributed by atoms with van der Waals surface area (Å²) >= 11 is 0. The van der Waals surface area contributed by atoms with Crippen molar-refractivity contribution in [3.05, 3.63) is 64.7 Å². The number of anilines is 1. The number of alkyl carbamates (subject to hydrolysis) is 1. The number of H-pyrrole nitrogens is 1. The molecule has 0 saturated carbocycles. The number of hydrogen-bond acceptors (Lipinski definition) is 15. The molecule has 0 aliphatic carbocycles. The molecule has 2 aromatic carbocycles. The lowest BCUT2D eigenvalue weighted by molar-refractivity contribution is -0.163. The van der Waals surface area contributed by atoms with Crippen molar-refractivity contribution in [3.63, 3.8) is 0 Å². The van der Waals surface area contributed by atoms with Crippen molar-refractivity contribution in [1.82, 2.24) is 30.6 Å². The van der Waals surface area contributed by atoms with Gasteiger partial charge in [0.1, 0.15) is 36.4 Å². The van der Waals surface area contributed by atoms with Gasteiger partial charge in [-0.1, -0.05) is 58.0 Å². The molecule has 2 aromatic heterocycles. The third-order valence-electron chi connectivity index (χ3n) is 8.79. The van der Waals surface area contributed by atoms with E-state index in [0.717, 1.165) is 10.2 Å². The standard InChI is InChI=1S/C36H43N7O13/c1-18(2)28(40-35(50)52-16-20-9-7-6-8-10-20)31(47)37-13-26(45)56-29-25(15-44)55-33(36(29,5)51)43-14-22-23(39-34(49)54-17-53-32(48)19(3)4)11-21-27(22)24(42-43)12-38-41-30(21)46/h6-12,14,18-19,25,28-29,33,44,51H,13,15-17H2,1-5H3,(H,37,47)(H,39,49)(H,40,50)(H,41,46). The fraction of sp³-hybridized carbons (Fsp3) is 0.444. The van der Waals surface area contributed by atoms with Gasteiger partial charge < -0.3 is 44.5 Å². The molecular weight excluding hydrogens is 738 g/mol. The van der Waals surface area contributed by atoms with Crippen molar-refractivity contribution in [1.29, 1.82) is 0 Å². The maximum Gasteiger partial charge on any atom is 0.414 e. The van der Waals surface area contributed by atoms with Gasteiger partial charge in [0.25, 0.3) is 5.56 Å². The molecule has 3 amide bonds. The van der Waals surface area contributed by atoms with Gasteiger partial charge in [0.05, 0.1) is 29.8 Å². The molecule has 5 rings (SSSR count). The Labute approximate surface area is 318 Å². The average molecular weight is 782 g/mol. The molecule has 4 aromatic rings. The number of ether oxygens (including phenoxy) is 5. The summed E-state index contributed by atoms with van der Waals surface area (Å²) in [6.07, 6.45) is -3.48. The van der Waals surface area contributed by atoms with Crippen LogP contribution in [0.2, 0.25) is 0 Å². The summed E-state index contributed by atoms with van der Waals surface area (Å²) in [5.41, 5.74) is -1.75. The predicted octanol–water partition coefficient (Wildman–Crippen LogP) is 1.60. The molecule has 5 atom stereocenters. The molecule has 6 N–H and O–H groups in total. The lowest BCUT2D eigenvalue weighted by Crippen LogP contribution is -2.52. The number of benzene rings is 1. The lowest BCUT2D eigenvalue weighted by Gasteiger charge is -2.30. The molecule has 1 aliphatic rings. The molecule has 300 valence electrons. The van der Waals surface area contributed by atoms with E-state index in [0.29, 0.717) is 0 Å². The van der Waals surface area contributed by atoms with Crippen LogP contribution >= 0.6 is 0 Å². The summed E-state index contributed by atoms with van der Waals surface area (Å²) in [5, 5.41) is 40.7. The first-order chi connectivity index (χ1) is 26.6. The molecule has 1 fully saturated rings. The van der Waals surface area contributed by atoms with E-state index in [-0.39, 0.29) is 34.0 Å². The average Bonchev–Trinajstić information content (AvgIpc) is 3.58. The van der Waals surface area contributed by atoms with Gasteiger partial charge in [0.15, 0.2) is 12.3 Å². The minimum Gasteiger partial charge on any atom is -0.455 e. The zero-order chi connectivity index (χ0) is 40.7. The van der Waals surface area contributed by atoms with E-state index in [4.69, 9.17) is 23.7 Å². The number of hydrogen-bond donors (Lipinski definition) is 6. The summed E-state index contributed by atoms with van der Waals surface area (Å²) in [5.74, 6) is -3.14. The minimum absolute atomic E-state index is 0.0195. The van der Waals surface area contributed by atoms with Gasteiger partial charge in [-0.3, -0.25) is 24.5 Å². The summed E-state index contributed by atoms with van der Waals surface area (Å²) in [4.78, 5) is 75.7. The van der Waals surface area contributed by atoms with Crippen LogP contribution in [0, 0.1) is 11.8 Å². The quantitative estimate of drug-likeness (QED) is 0.0603. The SMILES string of the molecule is CC(C)C(=O)OCOC(=O)Nc1cc2c(=O)[nH]ncc3nn(C4OC(CO)C(OC(=O)CNC(=O)C(NC(=O)OCc5ccccc5)C(C)C)C4(C)O)cc1c32. The molecule has 3 heterocycles. The van der Waals surface area contributed by atoms with Gasteiger partial charge in [-0.2, -0.15) is 10.2 Å². The molecular formula is C36H43N7O13. The number of esters is 2. The normalized spacial score (nSPS) is 19.8. The third kappa shape index (κ3) is 9.39. The van der Waals surface area contributed by atoms with E-state index in [1.54, 1.807) is 52.0 Å². The van der Waals surface area contributed by atoms with Gasteiger partial charge in [0.2, 0.25) is 12.7 Å².